The maximum absolute atomic E-state index is 10.7. The van der Waals surface area contributed by atoms with Crippen molar-refractivity contribution >= 4 is 22.8 Å². The van der Waals surface area contributed by atoms with Gasteiger partial charge in [0.2, 0.25) is 5.91 Å². The first-order chi connectivity index (χ1) is 8.68. The van der Waals surface area contributed by atoms with Crippen molar-refractivity contribution in [1.82, 2.24) is 5.32 Å². The Bertz CT molecular complexity index is 602. The van der Waals surface area contributed by atoms with Gasteiger partial charge in [-0.1, -0.05) is 42.5 Å². The van der Waals surface area contributed by atoms with Gasteiger partial charge in [0.15, 0.2) is 0 Å². The van der Waals surface area contributed by atoms with E-state index >= 15 is 0 Å². The molecule has 2 aromatic carbocycles. The predicted molar refractivity (Wildman–Crippen MR) is 73.3 cm³/mol. The summed E-state index contributed by atoms with van der Waals surface area (Å²) < 4.78 is 0. The van der Waals surface area contributed by atoms with Crippen LogP contribution in [0.4, 0.5) is 0 Å². The van der Waals surface area contributed by atoms with Gasteiger partial charge in [-0.05, 0) is 16.8 Å². The third kappa shape index (κ3) is 2.69. The lowest BCUT2D eigenvalue weighted by molar-refractivity contribution is -0.118. The molecule has 2 N–H and O–H groups in total. The SMILES string of the molecule is CC(=O)NCC=Cc1c(O)ccc2ccccc12. The Morgan fingerprint density at radius 3 is 2.83 bits per heavy atom. The second-order valence-electron chi connectivity index (χ2n) is 4.06. The summed E-state index contributed by atoms with van der Waals surface area (Å²) in [5.74, 6) is 0.176. The van der Waals surface area contributed by atoms with Gasteiger partial charge in [0, 0.05) is 19.0 Å². The molecule has 0 aliphatic heterocycles. The van der Waals surface area contributed by atoms with Gasteiger partial charge in [-0.3, -0.25) is 4.79 Å². The molecule has 2 rings (SSSR count). The summed E-state index contributed by atoms with van der Waals surface area (Å²) in [6.07, 6.45) is 3.65. The molecule has 0 bridgehead atoms. The van der Waals surface area contributed by atoms with Crippen LogP contribution in [-0.4, -0.2) is 17.6 Å². The second-order valence-corrected chi connectivity index (χ2v) is 4.06. The van der Waals surface area contributed by atoms with E-state index in [-0.39, 0.29) is 11.7 Å². The molecule has 0 heterocycles. The molecule has 2 aromatic rings. The lowest BCUT2D eigenvalue weighted by atomic mass is 10.0. The Morgan fingerprint density at radius 1 is 1.28 bits per heavy atom. The minimum atomic E-state index is -0.0678. The third-order valence-electron chi connectivity index (χ3n) is 2.70. The zero-order valence-corrected chi connectivity index (χ0v) is 10.2. The zero-order chi connectivity index (χ0) is 13.0. The fourth-order valence-corrected chi connectivity index (χ4v) is 1.84. The molecule has 3 heteroatoms. The number of nitrogens with one attached hydrogen (secondary N) is 1. The summed E-state index contributed by atoms with van der Waals surface area (Å²) in [4.78, 5) is 10.7. The van der Waals surface area contributed by atoms with Crippen LogP contribution in [0.15, 0.2) is 42.5 Å². The largest absolute Gasteiger partial charge is 0.507 e. The van der Waals surface area contributed by atoms with Crippen molar-refractivity contribution in [2.45, 2.75) is 6.92 Å². The molecule has 0 aliphatic rings. The van der Waals surface area contributed by atoms with Gasteiger partial charge >= 0.3 is 0 Å². The summed E-state index contributed by atoms with van der Waals surface area (Å²) in [6.45, 7) is 1.93. The molecule has 0 saturated carbocycles. The monoisotopic (exact) mass is 241 g/mol. The Hall–Kier alpha value is -2.29. The molecule has 0 unspecified atom stereocenters. The summed E-state index contributed by atoms with van der Waals surface area (Å²) >= 11 is 0. The lowest BCUT2D eigenvalue weighted by Gasteiger charge is -2.05. The first-order valence-corrected chi connectivity index (χ1v) is 5.80. The fourth-order valence-electron chi connectivity index (χ4n) is 1.84. The maximum atomic E-state index is 10.7. The Morgan fingerprint density at radius 2 is 2.06 bits per heavy atom. The first kappa shape index (κ1) is 12.2. The molecule has 3 nitrogen and oxygen atoms in total. The van der Waals surface area contributed by atoms with E-state index in [1.165, 1.54) is 6.92 Å². The fraction of sp³-hybridized carbons (Fsp3) is 0.133. The Labute approximate surface area is 106 Å². The molecule has 92 valence electrons. The highest BCUT2D eigenvalue weighted by molar-refractivity contribution is 5.93. The van der Waals surface area contributed by atoms with E-state index in [0.717, 1.165) is 16.3 Å². The molecule has 0 aliphatic carbocycles. The number of benzene rings is 2. The van der Waals surface area contributed by atoms with Gasteiger partial charge in [-0.25, -0.2) is 0 Å². The van der Waals surface area contributed by atoms with Crippen molar-refractivity contribution in [2.75, 3.05) is 6.54 Å². The van der Waals surface area contributed by atoms with E-state index in [9.17, 15) is 9.90 Å². The summed E-state index contributed by atoms with van der Waals surface area (Å²) in [5.41, 5.74) is 0.776. The van der Waals surface area contributed by atoms with Crippen LogP contribution in [0.1, 0.15) is 12.5 Å². The average Bonchev–Trinajstić information content (AvgIpc) is 2.36. The smallest absolute Gasteiger partial charge is 0.217 e. The standard InChI is InChI=1S/C15H15NO2/c1-11(17)16-10-4-7-14-13-6-3-2-5-12(13)8-9-15(14)18/h2-9,18H,10H2,1H3,(H,16,17). The van der Waals surface area contributed by atoms with Crippen molar-refractivity contribution in [3.05, 3.63) is 48.0 Å². The first-order valence-electron chi connectivity index (χ1n) is 5.80. The third-order valence-corrected chi connectivity index (χ3v) is 2.70. The predicted octanol–water partition coefficient (Wildman–Crippen LogP) is 2.69. The van der Waals surface area contributed by atoms with Crippen molar-refractivity contribution in [3.8, 4) is 5.75 Å². The number of carbonyl (C=O) groups is 1. The van der Waals surface area contributed by atoms with Gasteiger partial charge < -0.3 is 10.4 Å². The molecule has 0 aromatic heterocycles. The lowest BCUT2D eigenvalue weighted by Crippen LogP contribution is -2.19. The van der Waals surface area contributed by atoms with Crippen molar-refractivity contribution < 1.29 is 9.90 Å². The van der Waals surface area contributed by atoms with Crippen LogP contribution in [0, 0.1) is 0 Å². The molecule has 0 spiro atoms. The molecular formula is C15H15NO2. The highest BCUT2D eigenvalue weighted by Gasteiger charge is 2.02. The topological polar surface area (TPSA) is 49.3 Å². The van der Waals surface area contributed by atoms with Gasteiger partial charge in [0.25, 0.3) is 0 Å². The molecule has 0 saturated heterocycles. The Balaban J connectivity index is 2.31. The van der Waals surface area contributed by atoms with E-state index in [0.29, 0.717) is 6.54 Å². The number of rotatable bonds is 3. The molecule has 0 atom stereocenters. The van der Waals surface area contributed by atoms with E-state index in [4.69, 9.17) is 0 Å². The second kappa shape index (κ2) is 5.36. The number of fused-ring (bicyclic) bond motifs is 1. The number of amides is 1. The molecular weight excluding hydrogens is 226 g/mol. The van der Waals surface area contributed by atoms with Gasteiger partial charge in [0.05, 0.1) is 0 Å². The van der Waals surface area contributed by atoms with Crippen LogP contribution >= 0.6 is 0 Å². The Kier molecular flexibility index (Phi) is 3.63. The summed E-state index contributed by atoms with van der Waals surface area (Å²) in [6, 6.07) is 11.4. The van der Waals surface area contributed by atoms with Crippen LogP contribution in [0.5, 0.6) is 5.75 Å². The highest BCUT2D eigenvalue weighted by Crippen LogP contribution is 2.27. The van der Waals surface area contributed by atoms with Crippen LogP contribution in [0.3, 0.4) is 0 Å². The minimum absolute atomic E-state index is 0.0678. The van der Waals surface area contributed by atoms with Crippen molar-refractivity contribution in [2.24, 2.45) is 0 Å². The minimum Gasteiger partial charge on any atom is -0.507 e. The van der Waals surface area contributed by atoms with Crippen LogP contribution in [-0.2, 0) is 4.79 Å². The van der Waals surface area contributed by atoms with E-state index in [1.54, 1.807) is 6.07 Å². The normalized spacial score (nSPS) is 10.9. The molecule has 1 amide bonds. The van der Waals surface area contributed by atoms with E-state index in [1.807, 2.05) is 42.5 Å². The number of carbonyl (C=O) groups excluding carboxylic acids is 1. The summed E-state index contributed by atoms with van der Waals surface area (Å²) in [5, 5.41) is 14.6. The number of aromatic hydroxyl groups is 1. The number of hydrogen-bond acceptors (Lipinski definition) is 2. The molecule has 18 heavy (non-hydrogen) atoms. The van der Waals surface area contributed by atoms with Crippen molar-refractivity contribution in [3.63, 3.8) is 0 Å². The average molecular weight is 241 g/mol. The van der Waals surface area contributed by atoms with Gasteiger partial charge in [-0.2, -0.15) is 0 Å². The quantitative estimate of drug-likeness (QED) is 0.868. The van der Waals surface area contributed by atoms with Crippen LogP contribution < -0.4 is 5.32 Å². The number of hydrogen-bond donors (Lipinski definition) is 2. The van der Waals surface area contributed by atoms with Crippen LogP contribution in [0.25, 0.3) is 16.8 Å². The highest BCUT2D eigenvalue weighted by atomic mass is 16.3. The van der Waals surface area contributed by atoms with Gasteiger partial charge in [0.1, 0.15) is 5.75 Å². The maximum Gasteiger partial charge on any atom is 0.217 e. The number of phenolic OH excluding ortho intramolecular Hbond substituents is 1. The van der Waals surface area contributed by atoms with E-state index < -0.39 is 0 Å². The van der Waals surface area contributed by atoms with Crippen molar-refractivity contribution in [1.29, 1.82) is 0 Å². The summed E-state index contributed by atoms with van der Waals surface area (Å²) in [7, 11) is 0. The molecule has 0 fully saturated rings. The van der Waals surface area contributed by atoms with E-state index in [2.05, 4.69) is 5.32 Å². The number of phenols is 1. The van der Waals surface area contributed by atoms with Gasteiger partial charge in [-0.15, -0.1) is 0 Å². The zero-order valence-electron chi connectivity index (χ0n) is 10.2. The molecule has 0 radical (unpaired) electrons. The van der Waals surface area contributed by atoms with Crippen LogP contribution in [0.2, 0.25) is 0 Å².